The summed E-state index contributed by atoms with van der Waals surface area (Å²) in [6.07, 6.45) is 10.2. The van der Waals surface area contributed by atoms with Gasteiger partial charge in [-0.15, -0.1) is 0 Å². The number of allylic oxidation sites excluding steroid dienone is 2. The predicted molar refractivity (Wildman–Crippen MR) is 62.3 cm³/mol. The summed E-state index contributed by atoms with van der Waals surface area (Å²) in [7, 11) is 0. The molecule has 1 atom stereocenters. The lowest BCUT2D eigenvalue weighted by Gasteiger charge is -2.20. The van der Waals surface area contributed by atoms with E-state index >= 15 is 0 Å². The molecule has 0 heterocycles. The smallest absolute Gasteiger partial charge is 0.0119 e. The molecule has 0 saturated heterocycles. The Bertz CT molecular complexity index is 347. The maximum atomic E-state index is 3.87. The van der Waals surface area contributed by atoms with Crippen molar-refractivity contribution in [2.24, 2.45) is 0 Å². The van der Waals surface area contributed by atoms with E-state index in [2.05, 4.69) is 43.0 Å². The van der Waals surface area contributed by atoms with Crippen molar-refractivity contribution in [1.82, 2.24) is 0 Å². The van der Waals surface area contributed by atoms with Crippen LogP contribution in [0.25, 0.3) is 6.08 Å². The standard InChI is InChI=1S/C14H16/c1-2-12-8-6-7-11-14(12)13-9-4-3-5-10-13/h2-4,6-8,11,13H,1,5,9-10H2. The fourth-order valence-corrected chi connectivity index (χ4v) is 2.14. The Morgan fingerprint density at radius 1 is 1.21 bits per heavy atom. The fraction of sp³-hybridized carbons (Fsp3) is 0.286. The van der Waals surface area contributed by atoms with Gasteiger partial charge in [0.25, 0.3) is 0 Å². The molecule has 0 spiro atoms. The van der Waals surface area contributed by atoms with Crippen molar-refractivity contribution in [2.75, 3.05) is 0 Å². The monoisotopic (exact) mass is 184 g/mol. The van der Waals surface area contributed by atoms with Crippen LogP contribution in [0, 0.1) is 0 Å². The van der Waals surface area contributed by atoms with E-state index in [-0.39, 0.29) is 0 Å². The van der Waals surface area contributed by atoms with Crippen molar-refractivity contribution in [2.45, 2.75) is 25.2 Å². The Morgan fingerprint density at radius 3 is 2.79 bits per heavy atom. The molecule has 14 heavy (non-hydrogen) atoms. The summed E-state index contributed by atoms with van der Waals surface area (Å²) in [4.78, 5) is 0. The van der Waals surface area contributed by atoms with Gasteiger partial charge in [0.1, 0.15) is 0 Å². The van der Waals surface area contributed by atoms with Crippen molar-refractivity contribution in [1.29, 1.82) is 0 Å². The van der Waals surface area contributed by atoms with E-state index in [0.717, 1.165) is 0 Å². The SMILES string of the molecule is C=Cc1ccccc1C1CC=CCC1. The van der Waals surface area contributed by atoms with Gasteiger partial charge in [-0.05, 0) is 36.3 Å². The third-order valence-corrected chi connectivity index (χ3v) is 2.92. The molecule has 1 aromatic rings. The number of benzene rings is 1. The maximum absolute atomic E-state index is 3.87. The lowest BCUT2D eigenvalue weighted by atomic mass is 9.85. The van der Waals surface area contributed by atoms with Crippen LogP contribution in [0.3, 0.4) is 0 Å². The van der Waals surface area contributed by atoms with Crippen LogP contribution in [0.4, 0.5) is 0 Å². The second-order valence-corrected chi connectivity index (χ2v) is 3.81. The number of hydrogen-bond donors (Lipinski definition) is 0. The minimum atomic E-state index is 0.703. The first-order chi connectivity index (χ1) is 6.92. The van der Waals surface area contributed by atoms with Crippen LogP contribution in [0.2, 0.25) is 0 Å². The zero-order chi connectivity index (χ0) is 9.80. The van der Waals surface area contributed by atoms with Crippen molar-refractivity contribution in [3.8, 4) is 0 Å². The van der Waals surface area contributed by atoms with E-state index in [9.17, 15) is 0 Å². The summed E-state index contributed by atoms with van der Waals surface area (Å²) in [5, 5.41) is 0. The molecule has 0 radical (unpaired) electrons. The fourth-order valence-electron chi connectivity index (χ4n) is 2.14. The topological polar surface area (TPSA) is 0 Å². The zero-order valence-corrected chi connectivity index (χ0v) is 8.45. The first kappa shape index (κ1) is 9.26. The van der Waals surface area contributed by atoms with Gasteiger partial charge in [0.15, 0.2) is 0 Å². The molecular weight excluding hydrogens is 168 g/mol. The Balaban J connectivity index is 2.30. The highest BCUT2D eigenvalue weighted by Crippen LogP contribution is 2.31. The van der Waals surface area contributed by atoms with Gasteiger partial charge in [-0.25, -0.2) is 0 Å². The molecule has 0 fully saturated rings. The molecule has 0 aromatic heterocycles. The second-order valence-electron chi connectivity index (χ2n) is 3.81. The first-order valence-electron chi connectivity index (χ1n) is 5.28. The van der Waals surface area contributed by atoms with E-state index in [4.69, 9.17) is 0 Å². The van der Waals surface area contributed by atoms with E-state index in [1.54, 1.807) is 0 Å². The van der Waals surface area contributed by atoms with E-state index in [1.807, 2.05) is 6.08 Å². The normalized spacial score (nSPS) is 20.7. The average molecular weight is 184 g/mol. The summed E-state index contributed by atoms with van der Waals surface area (Å²) in [6, 6.07) is 8.60. The minimum absolute atomic E-state index is 0.703. The van der Waals surface area contributed by atoms with Crippen LogP contribution < -0.4 is 0 Å². The Hall–Kier alpha value is -1.30. The lowest BCUT2D eigenvalue weighted by molar-refractivity contribution is 0.616. The van der Waals surface area contributed by atoms with Crippen molar-refractivity contribution >= 4 is 6.08 Å². The van der Waals surface area contributed by atoms with Gasteiger partial charge >= 0.3 is 0 Å². The van der Waals surface area contributed by atoms with Crippen LogP contribution >= 0.6 is 0 Å². The Kier molecular flexibility index (Phi) is 2.83. The molecule has 0 amide bonds. The van der Waals surface area contributed by atoms with E-state index in [0.29, 0.717) is 5.92 Å². The molecule has 1 aromatic carbocycles. The quantitative estimate of drug-likeness (QED) is 0.605. The van der Waals surface area contributed by atoms with Crippen LogP contribution in [0.15, 0.2) is 43.0 Å². The number of hydrogen-bond acceptors (Lipinski definition) is 0. The predicted octanol–water partition coefficient (Wildman–Crippen LogP) is 4.15. The third-order valence-electron chi connectivity index (χ3n) is 2.92. The molecule has 0 nitrogen and oxygen atoms in total. The van der Waals surface area contributed by atoms with Gasteiger partial charge in [-0.2, -0.15) is 0 Å². The van der Waals surface area contributed by atoms with Crippen molar-refractivity contribution < 1.29 is 0 Å². The van der Waals surface area contributed by atoms with Gasteiger partial charge in [-0.1, -0.05) is 49.1 Å². The van der Waals surface area contributed by atoms with Gasteiger partial charge in [0, 0.05) is 0 Å². The zero-order valence-electron chi connectivity index (χ0n) is 8.45. The second kappa shape index (κ2) is 4.28. The van der Waals surface area contributed by atoms with Crippen LogP contribution in [-0.4, -0.2) is 0 Å². The molecule has 2 rings (SSSR count). The summed E-state index contributed by atoms with van der Waals surface area (Å²) in [5.41, 5.74) is 2.76. The average Bonchev–Trinajstić information content (AvgIpc) is 2.30. The summed E-state index contributed by atoms with van der Waals surface area (Å²) < 4.78 is 0. The minimum Gasteiger partial charge on any atom is -0.0985 e. The van der Waals surface area contributed by atoms with Gasteiger partial charge in [0.05, 0.1) is 0 Å². The molecule has 1 unspecified atom stereocenters. The van der Waals surface area contributed by atoms with Crippen LogP contribution in [0.1, 0.15) is 36.3 Å². The molecule has 1 aliphatic rings. The highest BCUT2D eigenvalue weighted by molar-refractivity contribution is 5.53. The van der Waals surface area contributed by atoms with Crippen LogP contribution in [-0.2, 0) is 0 Å². The third kappa shape index (κ3) is 1.79. The van der Waals surface area contributed by atoms with Gasteiger partial charge in [0.2, 0.25) is 0 Å². The Morgan fingerprint density at radius 2 is 2.07 bits per heavy atom. The molecular formula is C14H16. The number of rotatable bonds is 2. The van der Waals surface area contributed by atoms with Gasteiger partial charge in [-0.3, -0.25) is 0 Å². The maximum Gasteiger partial charge on any atom is -0.0119 e. The molecule has 0 saturated carbocycles. The molecule has 0 heteroatoms. The molecule has 0 aliphatic heterocycles. The molecule has 0 bridgehead atoms. The first-order valence-corrected chi connectivity index (χ1v) is 5.28. The molecule has 0 N–H and O–H groups in total. The van der Waals surface area contributed by atoms with Crippen molar-refractivity contribution in [3.05, 3.63) is 54.1 Å². The lowest BCUT2D eigenvalue weighted by Crippen LogP contribution is -2.02. The van der Waals surface area contributed by atoms with E-state index in [1.165, 1.54) is 30.4 Å². The summed E-state index contributed by atoms with van der Waals surface area (Å²) in [5.74, 6) is 0.703. The van der Waals surface area contributed by atoms with Crippen molar-refractivity contribution in [3.63, 3.8) is 0 Å². The Labute approximate surface area is 86.0 Å². The van der Waals surface area contributed by atoms with Crippen LogP contribution in [0.5, 0.6) is 0 Å². The van der Waals surface area contributed by atoms with E-state index < -0.39 is 0 Å². The largest absolute Gasteiger partial charge is 0.0985 e. The highest BCUT2D eigenvalue weighted by atomic mass is 14.2. The summed E-state index contributed by atoms with van der Waals surface area (Å²) in [6.45, 7) is 3.87. The summed E-state index contributed by atoms with van der Waals surface area (Å²) >= 11 is 0. The highest BCUT2D eigenvalue weighted by Gasteiger charge is 2.13. The molecule has 1 aliphatic carbocycles. The van der Waals surface area contributed by atoms with Gasteiger partial charge < -0.3 is 0 Å². The molecule has 72 valence electrons.